The van der Waals surface area contributed by atoms with Crippen molar-refractivity contribution in [2.24, 2.45) is 0 Å². The molecule has 1 amide bonds. The minimum Gasteiger partial charge on any atom is -0.497 e. The Morgan fingerprint density at radius 3 is 2.89 bits per heavy atom. The molecule has 1 aliphatic rings. The normalized spacial score (nSPS) is 17.8. The molecule has 6 heteroatoms. The van der Waals surface area contributed by atoms with Gasteiger partial charge in [-0.3, -0.25) is 10.1 Å². The van der Waals surface area contributed by atoms with Gasteiger partial charge < -0.3 is 4.74 Å². The number of halogens is 1. The first-order chi connectivity index (χ1) is 9.08. The molecule has 1 aromatic rings. The van der Waals surface area contributed by atoms with Crippen LogP contribution in [0, 0.1) is 0 Å². The molecular formula is C13H14ClN3O2. The molecule has 1 aliphatic carbocycles. The quantitative estimate of drug-likeness (QED) is 0.864. The van der Waals surface area contributed by atoms with E-state index in [0.29, 0.717) is 5.15 Å². The molecule has 1 unspecified atom stereocenters. The number of allylic oxidation sites excluding steroid dienone is 3. The number of nitrogens with zero attached hydrogens (tertiary/aromatic N) is 2. The summed E-state index contributed by atoms with van der Waals surface area (Å²) in [7, 11) is 1.63. The Kier molecular flexibility index (Phi) is 4.16. The molecule has 100 valence electrons. The Bertz CT molecular complexity index is 555. The molecule has 0 saturated carbocycles. The van der Waals surface area contributed by atoms with Gasteiger partial charge in [-0.15, -0.1) is 0 Å². The third kappa shape index (κ3) is 3.54. The van der Waals surface area contributed by atoms with Gasteiger partial charge in [0.25, 0.3) is 0 Å². The van der Waals surface area contributed by atoms with E-state index < -0.39 is 0 Å². The highest BCUT2D eigenvalue weighted by Crippen LogP contribution is 2.27. The van der Waals surface area contributed by atoms with Crippen molar-refractivity contribution in [3.63, 3.8) is 0 Å². The predicted molar refractivity (Wildman–Crippen MR) is 72.9 cm³/mol. The molecule has 5 nitrogen and oxygen atoms in total. The van der Waals surface area contributed by atoms with Crippen molar-refractivity contribution in [1.29, 1.82) is 0 Å². The number of hydrogen-bond donors (Lipinski definition) is 1. The number of anilines is 1. The van der Waals surface area contributed by atoms with E-state index in [2.05, 4.69) is 15.3 Å². The van der Waals surface area contributed by atoms with Crippen LogP contribution >= 0.6 is 11.6 Å². The number of carbonyl (C=O) groups is 1. The number of carbonyl (C=O) groups excluding carboxylic acids is 1. The summed E-state index contributed by atoms with van der Waals surface area (Å²) in [5.74, 6) is 0.935. The minimum absolute atomic E-state index is 0.104. The maximum Gasteiger partial charge on any atom is 0.231 e. The average Bonchev–Trinajstić information content (AvgIpc) is 2.37. The fourth-order valence-corrected chi connectivity index (χ4v) is 2.00. The van der Waals surface area contributed by atoms with Gasteiger partial charge in [-0.25, -0.2) is 9.97 Å². The first-order valence-corrected chi connectivity index (χ1v) is 6.20. The van der Waals surface area contributed by atoms with Crippen LogP contribution in [-0.4, -0.2) is 23.0 Å². The highest BCUT2D eigenvalue weighted by atomic mass is 35.5. The maximum absolute atomic E-state index is 11.0. The number of aromatic nitrogens is 2. The summed E-state index contributed by atoms with van der Waals surface area (Å²) in [6.45, 7) is 1.40. The summed E-state index contributed by atoms with van der Waals surface area (Å²) in [6, 6.07) is 1.70. The van der Waals surface area contributed by atoms with Crippen molar-refractivity contribution in [2.45, 2.75) is 19.3 Å². The van der Waals surface area contributed by atoms with Gasteiger partial charge >= 0.3 is 0 Å². The fraction of sp³-hybridized carbons (Fsp3) is 0.308. The van der Waals surface area contributed by atoms with E-state index in [1.54, 1.807) is 13.2 Å². The third-order valence-electron chi connectivity index (χ3n) is 2.68. The van der Waals surface area contributed by atoms with Crippen LogP contribution in [0.3, 0.4) is 0 Å². The summed E-state index contributed by atoms with van der Waals surface area (Å²) in [4.78, 5) is 19.3. The topological polar surface area (TPSA) is 64.1 Å². The smallest absolute Gasteiger partial charge is 0.231 e. The Morgan fingerprint density at radius 2 is 2.32 bits per heavy atom. The predicted octanol–water partition coefficient (Wildman–Crippen LogP) is 2.66. The molecule has 0 aromatic carbocycles. The highest BCUT2D eigenvalue weighted by Gasteiger charge is 2.15. The molecule has 1 N–H and O–H groups in total. The van der Waals surface area contributed by atoms with E-state index in [9.17, 15) is 4.79 Å². The SMILES string of the molecule is COC1=CCC(c2cc(Cl)nc(NC(C)=O)n2)C=C1. The fourth-order valence-electron chi connectivity index (χ4n) is 1.81. The summed E-state index contributed by atoms with van der Waals surface area (Å²) >= 11 is 5.94. The number of rotatable bonds is 3. The summed E-state index contributed by atoms with van der Waals surface area (Å²) in [6.07, 6.45) is 6.64. The van der Waals surface area contributed by atoms with E-state index >= 15 is 0 Å². The molecule has 1 aromatic heterocycles. The van der Waals surface area contributed by atoms with Gasteiger partial charge in [0.05, 0.1) is 12.8 Å². The van der Waals surface area contributed by atoms with Crippen LogP contribution in [0.25, 0.3) is 0 Å². The standard InChI is InChI=1S/C13H14ClN3O2/c1-8(18)15-13-16-11(7-12(14)17-13)9-3-5-10(19-2)6-4-9/h3,5-7,9H,4H2,1-2H3,(H,15,16,17,18). The number of nitrogens with one attached hydrogen (secondary N) is 1. The zero-order chi connectivity index (χ0) is 13.8. The highest BCUT2D eigenvalue weighted by molar-refractivity contribution is 6.29. The molecule has 0 radical (unpaired) electrons. The summed E-state index contributed by atoms with van der Waals surface area (Å²) in [5, 5.41) is 2.84. The van der Waals surface area contributed by atoms with E-state index in [-0.39, 0.29) is 17.8 Å². The number of hydrogen-bond acceptors (Lipinski definition) is 4. The molecule has 2 rings (SSSR count). The Morgan fingerprint density at radius 1 is 1.53 bits per heavy atom. The van der Waals surface area contributed by atoms with Crippen LogP contribution in [0.1, 0.15) is 25.0 Å². The van der Waals surface area contributed by atoms with E-state index in [1.807, 2.05) is 18.2 Å². The minimum atomic E-state index is -0.228. The number of methoxy groups -OCH3 is 1. The molecule has 0 bridgehead atoms. The summed E-state index contributed by atoms with van der Waals surface area (Å²) < 4.78 is 5.13. The Hall–Kier alpha value is -1.88. The third-order valence-corrected chi connectivity index (χ3v) is 2.88. The van der Waals surface area contributed by atoms with Crippen molar-refractivity contribution < 1.29 is 9.53 Å². The zero-order valence-corrected chi connectivity index (χ0v) is 11.4. The number of amides is 1. The Balaban J connectivity index is 2.21. The van der Waals surface area contributed by atoms with Crippen LogP contribution < -0.4 is 5.32 Å². The average molecular weight is 280 g/mol. The largest absolute Gasteiger partial charge is 0.497 e. The van der Waals surface area contributed by atoms with Gasteiger partial charge in [0.15, 0.2) is 0 Å². The van der Waals surface area contributed by atoms with Crippen LogP contribution in [0.2, 0.25) is 5.15 Å². The molecule has 19 heavy (non-hydrogen) atoms. The monoisotopic (exact) mass is 279 g/mol. The molecule has 0 fully saturated rings. The lowest BCUT2D eigenvalue weighted by molar-refractivity contribution is -0.114. The van der Waals surface area contributed by atoms with Crippen molar-refractivity contribution >= 4 is 23.5 Å². The Labute approximate surface area is 116 Å². The van der Waals surface area contributed by atoms with Crippen molar-refractivity contribution in [2.75, 3.05) is 12.4 Å². The molecule has 0 spiro atoms. The molecule has 1 atom stereocenters. The van der Waals surface area contributed by atoms with Crippen LogP contribution in [0.5, 0.6) is 0 Å². The second kappa shape index (κ2) is 5.84. The summed E-state index contributed by atoms with van der Waals surface area (Å²) in [5.41, 5.74) is 0.770. The van der Waals surface area contributed by atoms with Gasteiger partial charge in [0, 0.05) is 12.8 Å². The molecule has 0 aliphatic heterocycles. The van der Waals surface area contributed by atoms with E-state index in [4.69, 9.17) is 16.3 Å². The van der Waals surface area contributed by atoms with Gasteiger partial charge in [-0.2, -0.15) is 0 Å². The van der Waals surface area contributed by atoms with Gasteiger partial charge in [-0.1, -0.05) is 17.7 Å². The first-order valence-electron chi connectivity index (χ1n) is 5.83. The van der Waals surface area contributed by atoms with Crippen LogP contribution in [0.15, 0.2) is 30.1 Å². The van der Waals surface area contributed by atoms with Gasteiger partial charge in [0.1, 0.15) is 10.9 Å². The molecular weight excluding hydrogens is 266 g/mol. The maximum atomic E-state index is 11.0. The lowest BCUT2D eigenvalue weighted by Crippen LogP contribution is -2.12. The van der Waals surface area contributed by atoms with Gasteiger partial charge in [0.2, 0.25) is 11.9 Å². The number of ether oxygens (including phenoxy) is 1. The van der Waals surface area contributed by atoms with E-state index in [0.717, 1.165) is 17.9 Å². The molecule has 0 saturated heterocycles. The first kappa shape index (κ1) is 13.5. The van der Waals surface area contributed by atoms with Crippen LogP contribution in [0.4, 0.5) is 5.95 Å². The lowest BCUT2D eigenvalue weighted by atomic mass is 9.96. The van der Waals surface area contributed by atoms with Crippen molar-refractivity contribution in [3.05, 3.63) is 40.9 Å². The second-order valence-electron chi connectivity index (χ2n) is 4.13. The second-order valence-corrected chi connectivity index (χ2v) is 4.52. The molecule has 1 heterocycles. The van der Waals surface area contributed by atoms with Crippen molar-refractivity contribution in [3.8, 4) is 0 Å². The van der Waals surface area contributed by atoms with Crippen LogP contribution in [-0.2, 0) is 9.53 Å². The van der Waals surface area contributed by atoms with E-state index in [1.165, 1.54) is 6.92 Å². The lowest BCUT2D eigenvalue weighted by Gasteiger charge is -2.16. The van der Waals surface area contributed by atoms with Crippen molar-refractivity contribution in [1.82, 2.24) is 9.97 Å². The van der Waals surface area contributed by atoms with Gasteiger partial charge in [-0.05, 0) is 24.6 Å². The zero-order valence-electron chi connectivity index (χ0n) is 10.7.